The van der Waals surface area contributed by atoms with Crippen LogP contribution in [-0.4, -0.2) is 9.97 Å². The third-order valence-corrected chi connectivity index (χ3v) is 3.07. The van der Waals surface area contributed by atoms with Crippen LogP contribution >= 0.6 is 27.5 Å². The SMILES string of the molecule is Cc1ccc(Br)cc1Nc1nc(Cl)ncc1C. The molecule has 0 fully saturated rings. The lowest BCUT2D eigenvalue weighted by Gasteiger charge is -2.11. The monoisotopic (exact) mass is 311 g/mol. The Hall–Kier alpha value is -1.13. The first-order chi connectivity index (χ1) is 8.06. The van der Waals surface area contributed by atoms with Crippen LogP contribution in [0.5, 0.6) is 0 Å². The van der Waals surface area contributed by atoms with Crippen molar-refractivity contribution in [2.75, 3.05) is 5.32 Å². The molecule has 1 N–H and O–H groups in total. The summed E-state index contributed by atoms with van der Waals surface area (Å²) in [5.74, 6) is 0.728. The van der Waals surface area contributed by atoms with Crippen LogP contribution in [0.4, 0.5) is 11.5 Å². The van der Waals surface area contributed by atoms with Crippen molar-refractivity contribution in [3.8, 4) is 0 Å². The van der Waals surface area contributed by atoms with Gasteiger partial charge in [-0.25, -0.2) is 9.97 Å². The molecule has 0 spiro atoms. The van der Waals surface area contributed by atoms with Crippen LogP contribution < -0.4 is 5.32 Å². The zero-order chi connectivity index (χ0) is 12.4. The Morgan fingerprint density at radius 1 is 1.24 bits per heavy atom. The molecule has 0 bridgehead atoms. The van der Waals surface area contributed by atoms with E-state index in [4.69, 9.17) is 11.6 Å². The maximum Gasteiger partial charge on any atom is 0.224 e. The van der Waals surface area contributed by atoms with E-state index in [0.717, 1.165) is 27.1 Å². The third kappa shape index (κ3) is 2.96. The van der Waals surface area contributed by atoms with Crippen molar-refractivity contribution < 1.29 is 0 Å². The van der Waals surface area contributed by atoms with Gasteiger partial charge in [0.25, 0.3) is 0 Å². The summed E-state index contributed by atoms with van der Waals surface area (Å²) in [7, 11) is 0. The predicted molar refractivity (Wildman–Crippen MR) is 73.9 cm³/mol. The lowest BCUT2D eigenvalue weighted by Crippen LogP contribution is -1.99. The summed E-state index contributed by atoms with van der Waals surface area (Å²) >= 11 is 9.23. The molecule has 0 unspecified atom stereocenters. The molecule has 3 nitrogen and oxygen atoms in total. The molecule has 0 saturated heterocycles. The molecule has 1 heterocycles. The molecular formula is C12H11BrClN3. The number of nitrogens with zero attached hydrogens (tertiary/aromatic N) is 2. The molecular weight excluding hydrogens is 302 g/mol. The largest absolute Gasteiger partial charge is 0.340 e. The predicted octanol–water partition coefficient (Wildman–Crippen LogP) is 4.25. The fraction of sp³-hybridized carbons (Fsp3) is 0.167. The number of aryl methyl sites for hydroxylation is 2. The lowest BCUT2D eigenvalue weighted by molar-refractivity contribution is 1.13. The van der Waals surface area contributed by atoms with Crippen molar-refractivity contribution >= 4 is 39.0 Å². The molecule has 5 heteroatoms. The Morgan fingerprint density at radius 2 is 2.00 bits per heavy atom. The Morgan fingerprint density at radius 3 is 2.76 bits per heavy atom. The van der Waals surface area contributed by atoms with Crippen molar-refractivity contribution in [2.24, 2.45) is 0 Å². The van der Waals surface area contributed by atoms with Crippen molar-refractivity contribution in [1.82, 2.24) is 9.97 Å². The van der Waals surface area contributed by atoms with Crippen molar-refractivity contribution in [2.45, 2.75) is 13.8 Å². The minimum atomic E-state index is 0.241. The number of nitrogens with one attached hydrogen (secondary N) is 1. The first-order valence-corrected chi connectivity index (χ1v) is 6.25. The van der Waals surface area contributed by atoms with E-state index in [0.29, 0.717) is 0 Å². The standard InChI is InChI=1S/C12H11BrClN3/c1-7-3-4-9(13)5-10(7)16-11-8(2)6-15-12(14)17-11/h3-6H,1-2H3,(H,15,16,17). The summed E-state index contributed by atoms with van der Waals surface area (Å²) in [6.07, 6.45) is 1.70. The average Bonchev–Trinajstić information content (AvgIpc) is 2.28. The summed E-state index contributed by atoms with van der Waals surface area (Å²) in [5.41, 5.74) is 3.09. The zero-order valence-electron chi connectivity index (χ0n) is 9.46. The molecule has 0 amide bonds. The van der Waals surface area contributed by atoms with E-state index >= 15 is 0 Å². The molecule has 0 radical (unpaired) electrons. The first kappa shape index (κ1) is 12.3. The van der Waals surface area contributed by atoms with E-state index in [1.807, 2.05) is 32.0 Å². The van der Waals surface area contributed by atoms with E-state index in [9.17, 15) is 0 Å². The Labute approximate surface area is 113 Å². The van der Waals surface area contributed by atoms with Gasteiger partial charge in [0, 0.05) is 21.9 Å². The fourth-order valence-electron chi connectivity index (χ4n) is 1.40. The van der Waals surface area contributed by atoms with E-state index in [1.165, 1.54) is 0 Å². The van der Waals surface area contributed by atoms with Gasteiger partial charge in [0.15, 0.2) is 0 Å². The summed E-state index contributed by atoms with van der Waals surface area (Å²) in [6, 6.07) is 6.04. The van der Waals surface area contributed by atoms with Gasteiger partial charge in [-0.15, -0.1) is 0 Å². The van der Waals surface area contributed by atoms with Crippen LogP contribution in [-0.2, 0) is 0 Å². The fourth-order valence-corrected chi connectivity index (χ4v) is 1.90. The molecule has 0 aliphatic rings. The quantitative estimate of drug-likeness (QED) is 0.842. The minimum Gasteiger partial charge on any atom is -0.340 e. The molecule has 88 valence electrons. The average molecular weight is 313 g/mol. The Kier molecular flexibility index (Phi) is 3.64. The van der Waals surface area contributed by atoms with Crippen LogP contribution in [0.2, 0.25) is 5.28 Å². The van der Waals surface area contributed by atoms with Gasteiger partial charge < -0.3 is 5.32 Å². The number of anilines is 2. The topological polar surface area (TPSA) is 37.8 Å². The molecule has 0 saturated carbocycles. The highest BCUT2D eigenvalue weighted by Crippen LogP contribution is 2.25. The number of aromatic nitrogens is 2. The van der Waals surface area contributed by atoms with E-state index in [1.54, 1.807) is 6.20 Å². The summed E-state index contributed by atoms with van der Waals surface area (Å²) in [6.45, 7) is 3.97. The maximum atomic E-state index is 5.78. The highest BCUT2D eigenvalue weighted by Gasteiger charge is 2.05. The van der Waals surface area contributed by atoms with Gasteiger partial charge in [-0.1, -0.05) is 22.0 Å². The number of benzene rings is 1. The number of hydrogen-bond donors (Lipinski definition) is 1. The highest BCUT2D eigenvalue weighted by atomic mass is 79.9. The molecule has 17 heavy (non-hydrogen) atoms. The van der Waals surface area contributed by atoms with E-state index in [2.05, 4.69) is 31.2 Å². The van der Waals surface area contributed by atoms with Crippen molar-refractivity contribution in [1.29, 1.82) is 0 Å². The molecule has 1 aromatic heterocycles. The normalized spacial score (nSPS) is 10.4. The molecule has 0 aliphatic carbocycles. The zero-order valence-corrected chi connectivity index (χ0v) is 11.8. The van der Waals surface area contributed by atoms with Gasteiger partial charge in [-0.2, -0.15) is 0 Å². The van der Waals surface area contributed by atoms with E-state index < -0.39 is 0 Å². The Bertz CT molecular complexity index is 508. The first-order valence-electron chi connectivity index (χ1n) is 5.08. The Balaban J connectivity index is 2.37. The maximum absolute atomic E-state index is 5.78. The van der Waals surface area contributed by atoms with Gasteiger partial charge >= 0.3 is 0 Å². The van der Waals surface area contributed by atoms with Gasteiger partial charge in [-0.05, 0) is 43.1 Å². The van der Waals surface area contributed by atoms with Crippen LogP contribution in [0.25, 0.3) is 0 Å². The highest BCUT2D eigenvalue weighted by molar-refractivity contribution is 9.10. The van der Waals surface area contributed by atoms with E-state index in [-0.39, 0.29) is 5.28 Å². The molecule has 0 atom stereocenters. The summed E-state index contributed by atoms with van der Waals surface area (Å²) in [5, 5.41) is 3.50. The van der Waals surface area contributed by atoms with Crippen LogP contribution in [0.1, 0.15) is 11.1 Å². The number of hydrogen-bond acceptors (Lipinski definition) is 3. The molecule has 2 rings (SSSR count). The summed E-state index contributed by atoms with van der Waals surface area (Å²) in [4.78, 5) is 8.09. The third-order valence-electron chi connectivity index (χ3n) is 2.39. The number of rotatable bonds is 2. The molecule has 0 aliphatic heterocycles. The van der Waals surface area contributed by atoms with Gasteiger partial charge in [0.2, 0.25) is 5.28 Å². The summed E-state index contributed by atoms with van der Waals surface area (Å²) < 4.78 is 1.02. The van der Waals surface area contributed by atoms with Crippen molar-refractivity contribution in [3.05, 3.63) is 45.3 Å². The van der Waals surface area contributed by atoms with Crippen LogP contribution in [0.3, 0.4) is 0 Å². The number of halogens is 2. The van der Waals surface area contributed by atoms with Gasteiger partial charge in [0.05, 0.1) is 0 Å². The second kappa shape index (κ2) is 5.02. The van der Waals surface area contributed by atoms with Crippen LogP contribution in [0, 0.1) is 13.8 Å². The lowest BCUT2D eigenvalue weighted by atomic mass is 10.2. The second-order valence-corrected chi connectivity index (χ2v) is 5.01. The molecule has 2 aromatic rings. The van der Waals surface area contributed by atoms with Crippen molar-refractivity contribution in [3.63, 3.8) is 0 Å². The van der Waals surface area contributed by atoms with Crippen LogP contribution in [0.15, 0.2) is 28.9 Å². The minimum absolute atomic E-state index is 0.241. The van der Waals surface area contributed by atoms with Gasteiger partial charge in [-0.3, -0.25) is 0 Å². The smallest absolute Gasteiger partial charge is 0.224 e. The van der Waals surface area contributed by atoms with Gasteiger partial charge in [0.1, 0.15) is 5.82 Å². The molecule has 1 aromatic carbocycles. The second-order valence-electron chi connectivity index (χ2n) is 3.75.